The topological polar surface area (TPSA) is 98.8 Å². The van der Waals surface area contributed by atoms with Gasteiger partial charge in [0.25, 0.3) is 5.91 Å². The Hall–Kier alpha value is -1.50. The second-order valence-corrected chi connectivity index (χ2v) is 5.48. The van der Waals surface area contributed by atoms with Crippen molar-refractivity contribution in [3.05, 3.63) is 23.8 Å². The molecule has 1 saturated heterocycles. The Morgan fingerprint density at radius 1 is 1.45 bits per heavy atom. The number of piperidine rings is 1. The zero-order valence-electron chi connectivity index (χ0n) is 12.5. The summed E-state index contributed by atoms with van der Waals surface area (Å²) in [6, 6.07) is 4.33. The van der Waals surface area contributed by atoms with Gasteiger partial charge in [-0.25, -0.2) is 0 Å². The number of nitrogens with two attached hydrogens (primary N) is 1. The molecule has 1 fully saturated rings. The van der Waals surface area contributed by atoms with Gasteiger partial charge >= 0.3 is 0 Å². The maximum atomic E-state index is 12.0. The van der Waals surface area contributed by atoms with Crippen molar-refractivity contribution in [2.24, 2.45) is 0 Å². The lowest BCUT2D eigenvalue weighted by atomic mass is 10.1. The van der Waals surface area contributed by atoms with Crippen LogP contribution < -0.4 is 11.1 Å². The third kappa shape index (κ3) is 5.36. The van der Waals surface area contributed by atoms with Gasteiger partial charge < -0.3 is 26.2 Å². The number of anilines is 1. The molecule has 1 aliphatic rings. The molecule has 124 valence electrons. The molecular weight excluding hydrogens is 306 g/mol. The van der Waals surface area contributed by atoms with Gasteiger partial charge in [-0.3, -0.25) is 4.79 Å². The lowest BCUT2D eigenvalue weighted by molar-refractivity contribution is 0.0697. The van der Waals surface area contributed by atoms with Gasteiger partial charge in [0.2, 0.25) is 0 Å². The molecule has 1 amide bonds. The first-order valence-corrected chi connectivity index (χ1v) is 7.33. The summed E-state index contributed by atoms with van der Waals surface area (Å²) in [6.45, 7) is 3.12. The average molecular weight is 330 g/mol. The van der Waals surface area contributed by atoms with E-state index in [1.54, 1.807) is 0 Å². The molecule has 0 aromatic heterocycles. The van der Waals surface area contributed by atoms with Crippen molar-refractivity contribution in [3.63, 3.8) is 0 Å². The number of β-amino-alcohol motifs (C(OH)–C–C–N with tert-alkyl or cyclic N) is 1. The van der Waals surface area contributed by atoms with E-state index >= 15 is 0 Å². The number of benzene rings is 1. The van der Waals surface area contributed by atoms with E-state index in [2.05, 4.69) is 10.2 Å². The van der Waals surface area contributed by atoms with Crippen LogP contribution in [0.4, 0.5) is 5.69 Å². The van der Waals surface area contributed by atoms with E-state index < -0.39 is 0 Å². The molecule has 22 heavy (non-hydrogen) atoms. The number of nitrogens with zero attached hydrogens (tertiary/aromatic N) is 1. The summed E-state index contributed by atoms with van der Waals surface area (Å²) < 4.78 is 0. The van der Waals surface area contributed by atoms with Gasteiger partial charge in [-0.1, -0.05) is 0 Å². The van der Waals surface area contributed by atoms with Crippen LogP contribution >= 0.6 is 12.4 Å². The third-order valence-electron chi connectivity index (χ3n) is 3.70. The van der Waals surface area contributed by atoms with Gasteiger partial charge in [0.1, 0.15) is 5.75 Å². The fraction of sp³-hybridized carbons (Fsp3) is 0.533. The number of phenols is 1. The Kier molecular flexibility index (Phi) is 7.44. The van der Waals surface area contributed by atoms with E-state index in [0.717, 1.165) is 32.4 Å². The van der Waals surface area contributed by atoms with E-state index in [9.17, 15) is 15.0 Å². The molecule has 7 heteroatoms. The minimum Gasteiger partial charge on any atom is -0.508 e. The molecule has 1 aliphatic heterocycles. The van der Waals surface area contributed by atoms with Gasteiger partial charge in [-0.2, -0.15) is 0 Å². The fourth-order valence-electron chi connectivity index (χ4n) is 2.57. The predicted molar refractivity (Wildman–Crippen MR) is 88.4 cm³/mol. The molecule has 1 aromatic rings. The second-order valence-electron chi connectivity index (χ2n) is 5.48. The smallest absolute Gasteiger partial charge is 0.253 e. The van der Waals surface area contributed by atoms with Crippen LogP contribution in [0.15, 0.2) is 18.2 Å². The molecule has 6 nitrogen and oxygen atoms in total. The molecule has 0 radical (unpaired) electrons. The highest BCUT2D eigenvalue weighted by Gasteiger charge is 2.17. The minimum atomic E-state index is -0.276. The van der Waals surface area contributed by atoms with Crippen LogP contribution in [0.3, 0.4) is 0 Å². The maximum absolute atomic E-state index is 12.0. The molecule has 0 aliphatic carbocycles. The predicted octanol–water partition coefficient (Wildman–Crippen LogP) is 0.973. The summed E-state index contributed by atoms with van der Waals surface area (Å²) in [5.41, 5.74) is 6.36. The van der Waals surface area contributed by atoms with Crippen molar-refractivity contribution < 1.29 is 15.0 Å². The van der Waals surface area contributed by atoms with Crippen LogP contribution in [0.2, 0.25) is 0 Å². The quantitative estimate of drug-likeness (QED) is 0.366. The highest BCUT2D eigenvalue weighted by Crippen LogP contribution is 2.18. The number of phenolic OH excluding ortho intramolecular Hbond substituents is 1. The molecule has 5 N–H and O–H groups in total. The van der Waals surface area contributed by atoms with E-state index in [1.807, 2.05) is 0 Å². The number of nitrogens with one attached hydrogen (secondary N) is 1. The number of hydrogen-bond donors (Lipinski definition) is 4. The zero-order chi connectivity index (χ0) is 15.2. The summed E-state index contributed by atoms with van der Waals surface area (Å²) in [6.07, 6.45) is 2.49. The normalized spacial score (nSPS) is 18.5. The molecule has 1 aromatic carbocycles. The maximum Gasteiger partial charge on any atom is 0.253 e. The van der Waals surface area contributed by atoms with Crippen molar-refractivity contribution in [1.82, 2.24) is 10.2 Å². The summed E-state index contributed by atoms with van der Waals surface area (Å²) in [4.78, 5) is 14.2. The highest BCUT2D eigenvalue weighted by molar-refractivity contribution is 5.99. The van der Waals surface area contributed by atoms with Crippen molar-refractivity contribution >= 4 is 24.0 Å². The molecule has 0 spiro atoms. The van der Waals surface area contributed by atoms with Crippen molar-refractivity contribution in [2.75, 3.05) is 31.9 Å². The number of carbonyl (C=O) groups is 1. The molecular formula is C15H24ClN3O3. The Morgan fingerprint density at radius 2 is 2.23 bits per heavy atom. The van der Waals surface area contributed by atoms with E-state index in [1.165, 1.54) is 18.2 Å². The van der Waals surface area contributed by atoms with Gasteiger partial charge in [0.15, 0.2) is 0 Å². The van der Waals surface area contributed by atoms with Crippen LogP contribution in [-0.4, -0.2) is 53.3 Å². The number of rotatable bonds is 5. The number of amides is 1. The minimum absolute atomic E-state index is 0. The number of carbonyl (C=O) groups excluding carboxylic acids is 1. The molecule has 2 rings (SSSR count). The van der Waals surface area contributed by atoms with Crippen molar-refractivity contribution in [2.45, 2.75) is 25.4 Å². The van der Waals surface area contributed by atoms with Crippen LogP contribution in [0.25, 0.3) is 0 Å². The second kappa shape index (κ2) is 8.82. The Morgan fingerprint density at radius 3 is 2.95 bits per heavy atom. The van der Waals surface area contributed by atoms with E-state index in [-0.39, 0.29) is 30.2 Å². The number of hydrogen-bond acceptors (Lipinski definition) is 5. The summed E-state index contributed by atoms with van der Waals surface area (Å²) in [5, 5.41) is 21.8. The number of nitrogen functional groups attached to an aromatic ring is 1. The first kappa shape index (κ1) is 18.5. The van der Waals surface area contributed by atoms with Gasteiger partial charge in [0, 0.05) is 18.8 Å². The first-order valence-electron chi connectivity index (χ1n) is 7.33. The van der Waals surface area contributed by atoms with Crippen LogP contribution in [0.1, 0.15) is 29.6 Å². The van der Waals surface area contributed by atoms with Crippen LogP contribution in [0.5, 0.6) is 5.75 Å². The van der Waals surface area contributed by atoms with Crippen molar-refractivity contribution in [3.8, 4) is 5.75 Å². The summed E-state index contributed by atoms with van der Waals surface area (Å²) in [5.74, 6) is -0.251. The number of aliphatic hydroxyl groups is 1. The van der Waals surface area contributed by atoms with Crippen molar-refractivity contribution in [1.29, 1.82) is 0 Å². The van der Waals surface area contributed by atoms with E-state index in [4.69, 9.17) is 5.73 Å². The number of aromatic hydroxyl groups is 1. The van der Waals surface area contributed by atoms with E-state index in [0.29, 0.717) is 24.3 Å². The SMILES string of the molecule is Cl.Nc1ccc(O)cc1C(=O)NCCCN1CCCC(O)C1. The van der Waals surface area contributed by atoms with Gasteiger partial charge in [-0.15, -0.1) is 12.4 Å². The molecule has 0 bridgehead atoms. The third-order valence-corrected chi connectivity index (χ3v) is 3.70. The zero-order valence-corrected chi connectivity index (χ0v) is 13.3. The molecule has 1 atom stereocenters. The monoisotopic (exact) mass is 329 g/mol. The number of likely N-dealkylation sites (tertiary alicyclic amines) is 1. The molecule has 0 saturated carbocycles. The summed E-state index contributed by atoms with van der Waals surface area (Å²) in [7, 11) is 0. The largest absolute Gasteiger partial charge is 0.508 e. The van der Waals surface area contributed by atoms with Gasteiger partial charge in [0.05, 0.1) is 11.7 Å². The van der Waals surface area contributed by atoms with Crippen LogP contribution in [-0.2, 0) is 0 Å². The average Bonchev–Trinajstić information content (AvgIpc) is 2.46. The standard InChI is InChI=1S/C15H23N3O3.ClH/c16-14-5-4-11(19)9-13(14)15(21)17-6-2-8-18-7-1-3-12(20)10-18;/h4-5,9,12,19-20H,1-3,6-8,10,16H2,(H,17,21);1H. The molecule has 1 unspecified atom stereocenters. The van der Waals surface area contributed by atoms with Gasteiger partial charge in [-0.05, 0) is 50.6 Å². The lowest BCUT2D eigenvalue weighted by Gasteiger charge is -2.29. The Balaban J connectivity index is 0.00000242. The fourth-order valence-corrected chi connectivity index (χ4v) is 2.57. The first-order chi connectivity index (χ1) is 10.1. The number of halogens is 1. The number of aliphatic hydroxyl groups excluding tert-OH is 1. The van der Waals surface area contributed by atoms with Crippen LogP contribution in [0, 0.1) is 0 Å². The Labute approximate surface area is 136 Å². The Bertz CT molecular complexity index is 499. The lowest BCUT2D eigenvalue weighted by Crippen LogP contribution is -2.39. The summed E-state index contributed by atoms with van der Waals surface area (Å²) >= 11 is 0. The molecule has 1 heterocycles. The highest BCUT2D eigenvalue weighted by atomic mass is 35.5.